The lowest BCUT2D eigenvalue weighted by molar-refractivity contribution is -0.136. The third-order valence-corrected chi connectivity index (χ3v) is 3.94. The third-order valence-electron chi connectivity index (χ3n) is 3.12. The van der Waals surface area contributed by atoms with Gasteiger partial charge in [-0.1, -0.05) is 30.3 Å². The van der Waals surface area contributed by atoms with Crippen molar-refractivity contribution in [2.45, 2.75) is 32.6 Å². The summed E-state index contributed by atoms with van der Waals surface area (Å²) < 4.78 is 5.43. The number of rotatable bonds is 4. The Bertz CT molecular complexity index is 719. The van der Waals surface area contributed by atoms with Crippen molar-refractivity contribution >= 4 is 31.3 Å². The molecule has 0 aromatic heterocycles. The number of aromatic hydroxyl groups is 1. The van der Waals surface area contributed by atoms with Crippen molar-refractivity contribution in [3.8, 4) is 5.75 Å². The van der Waals surface area contributed by atoms with Crippen LogP contribution in [0.3, 0.4) is 0 Å². The number of hydrogen-bond acceptors (Lipinski definition) is 4. The molecule has 0 heterocycles. The molecule has 0 saturated carbocycles. The van der Waals surface area contributed by atoms with Crippen molar-refractivity contribution in [2.75, 3.05) is 0 Å². The lowest BCUT2D eigenvalue weighted by atomic mass is 10.0. The summed E-state index contributed by atoms with van der Waals surface area (Å²) in [5.74, 6) is -0.177. The minimum absolute atomic E-state index is 0.146. The van der Waals surface area contributed by atoms with Crippen molar-refractivity contribution in [3.05, 3.63) is 42.0 Å². The number of carbonyl (C=O) groups excluding carboxylic acids is 1. The number of fused-ring (bicyclic) bond motifs is 1. The molecule has 0 amide bonds. The van der Waals surface area contributed by atoms with E-state index in [-0.39, 0.29) is 11.7 Å². The quantitative estimate of drug-likeness (QED) is 0.691. The normalized spacial score (nSPS) is 13.5. The summed E-state index contributed by atoms with van der Waals surface area (Å²) in [6, 6.07) is 10.6. The van der Waals surface area contributed by atoms with Crippen molar-refractivity contribution in [2.24, 2.45) is 4.99 Å². The Morgan fingerprint density at radius 3 is 2.59 bits per heavy atom. The standard InChI is InChI=1S/C17H21NO3Si/c1-12(17(20)21-22(2,3)4)18-11-15-14-8-6-5-7-13(14)9-10-16(15)19/h5-12,19H,1-4H3. The molecule has 0 spiro atoms. The maximum atomic E-state index is 12.0. The Labute approximate surface area is 131 Å². The largest absolute Gasteiger partial charge is 0.518 e. The molecule has 1 atom stereocenters. The maximum absolute atomic E-state index is 12.0. The Morgan fingerprint density at radius 2 is 1.91 bits per heavy atom. The zero-order valence-corrected chi connectivity index (χ0v) is 14.3. The lowest BCUT2D eigenvalue weighted by Gasteiger charge is -2.18. The van der Waals surface area contributed by atoms with Crippen LogP contribution in [0.2, 0.25) is 19.6 Å². The second kappa shape index (κ2) is 6.32. The van der Waals surface area contributed by atoms with Gasteiger partial charge < -0.3 is 9.53 Å². The van der Waals surface area contributed by atoms with Crippen LogP contribution in [-0.2, 0) is 9.22 Å². The Morgan fingerprint density at radius 1 is 1.23 bits per heavy atom. The first-order valence-electron chi connectivity index (χ1n) is 7.25. The molecule has 1 N–H and O–H groups in total. The van der Waals surface area contributed by atoms with Crippen LogP contribution < -0.4 is 0 Å². The van der Waals surface area contributed by atoms with Gasteiger partial charge in [-0.15, -0.1) is 0 Å². The van der Waals surface area contributed by atoms with Gasteiger partial charge in [-0.05, 0) is 43.4 Å². The molecule has 2 aromatic rings. The van der Waals surface area contributed by atoms with Crippen LogP contribution in [0.1, 0.15) is 12.5 Å². The fourth-order valence-corrected chi connectivity index (χ4v) is 2.83. The topological polar surface area (TPSA) is 58.9 Å². The van der Waals surface area contributed by atoms with E-state index in [1.165, 1.54) is 0 Å². The maximum Gasteiger partial charge on any atom is 0.317 e. The van der Waals surface area contributed by atoms with Crippen LogP contribution >= 0.6 is 0 Å². The number of carbonyl (C=O) groups is 1. The first kappa shape index (κ1) is 16.2. The van der Waals surface area contributed by atoms with Crippen molar-refractivity contribution in [1.82, 2.24) is 0 Å². The third kappa shape index (κ3) is 3.95. The molecule has 0 radical (unpaired) electrons. The van der Waals surface area contributed by atoms with Crippen LogP contribution in [0.25, 0.3) is 10.8 Å². The van der Waals surface area contributed by atoms with Crippen molar-refractivity contribution in [1.29, 1.82) is 0 Å². The molecule has 4 nitrogen and oxygen atoms in total. The van der Waals surface area contributed by atoms with Gasteiger partial charge in [0.15, 0.2) is 0 Å². The van der Waals surface area contributed by atoms with Gasteiger partial charge in [-0.2, -0.15) is 0 Å². The van der Waals surface area contributed by atoms with E-state index < -0.39 is 14.4 Å². The number of hydrogen-bond donors (Lipinski definition) is 1. The van der Waals surface area contributed by atoms with Crippen molar-refractivity contribution in [3.63, 3.8) is 0 Å². The smallest absolute Gasteiger partial charge is 0.317 e. The van der Waals surface area contributed by atoms with Gasteiger partial charge in [-0.25, -0.2) is 0 Å². The molecule has 2 rings (SSSR count). The molecular weight excluding hydrogens is 294 g/mol. The molecule has 0 aliphatic rings. The number of nitrogens with zero attached hydrogens (tertiary/aromatic N) is 1. The Kier molecular flexibility index (Phi) is 4.66. The number of benzene rings is 2. The highest BCUT2D eigenvalue weighted by molar-refractivity contribution is 6.71. The predicted octanol–water partition coefficient (Wildman–Crippen LogP) is 3.73. The molecule has 0 saturated heterocycles. The van der Waals surface area contributed by atoms with Crippen LogP contribution in [0.5, 0.6) is 5.75 Å². The lowest BCUT2D eigenvalue weighted by Crippen LogP contribution is -2.33. The molecule has 22 heavy (non-hydrogen) atoms. The van der Waals surface area contributed by atoms with Crippen LogP contribution in [0, 0.1) is 0 Å². The number of phenols is 1. The van der Waals surface area contributed by atoms with E-state index in [0.717, 1.165) is 10.8 Å². The molecular formula is C17H21NO3Si. The fraction of sp³-hybridized carbons (Fsp3) is 0.294. The van der Waals surface area contributed by atoms with Crippen LogP contribution in [0.4, 0.5) is 0 Å². The highest BCUT2D eigenvalue weighted by atomic mass is 28.4. The van der Waals surface area contributed by atoms with Gasteiger partial charge in [0.2, 0.25) is 8.32 Å². The summed E-state index contributed by atoms with van der Waals surface area (Å²) in [6.07, 6.45) is 1.55. The summed E-state index contributed by atoms with van der Waals surface area (Å²) in [5, 5.41) is 12.0. The van der Waals surface area contributed by atoms with Gasteiger partial charge in [0.1, 0.15) is 11.8 Å². The Hall–Kier alpha value is -2.14. The summed E-state index contributed by atoms with van der Waals surface area (Å²) in [4.78, 5) is 16.2. The average molecular weight is 315 g/mol. The highest BCUT2D eigenvalue weighted by Gasteiger charge is 2.23. The molecule has 0 aliphatic carbocycles. The number of phenolic OH excluding ortho intramolecular Hbond substituents is 1. The molecule has 5 heteroatoms. The van der Waals surface area contributed by atoms with Crippen molar-refractivity contribution < 1.29 is 14.3 Å². The fourth-order valence-electron chi connectivity index (χ4n) is 2.05. The number of aliphatic imine (C=N–C) groups is 1. The first-order chi connectivity index (χ1) is 10.3. The van der Waals surface area contributed by atoms with Gasteiger partial charge in [0.05, 0.1) is 0 Å². The van der Waals surface area contributed by atoms with Gasteiger partial charge in [0, 0.05) is 11.8 Å². The predicted molar refractivity (Wildman–Crippen MR) is 92.1 cm³/mol. The summed E-state index contributed by atoms with van der Waals surface area (Å²) in [6.45, 7) is 7.56. The van der Waals surface area contributed by atoms with E-state index in [9.17, 15) is 9.90 Å². The van der Waals surface area contributed by atoms with E-state index in [1.807, 2.05) is 50.0 Å². The van der Waals surface area contributed by atoms with Gasteiger partial charge >= 0.3 is 5.97 Å². The van der Waals surface area contributed by atoms with E-state index in [1.54, 1.807) is 19.2 Å². The highest BCUT2D eigenvalue weighted by Crippen LogP contribution is 2.25. The molecule has 2 aromatic carbocycles. The minimum Gasteiger partial charge on any atom is -0.518 e. The molecule has 1 unspecified atom stereocenters. The van der Waals surface area contributed by atoms with Gasteiger partial charge in [-0.3, -0.25) is 9.79 Å². The van der Waals surface area contributed by atoms with Gasteiger partial charge in [0.25, 0.3) is 0 Å². The second-order valence-corrected chi connectivity index (χ2v) is 10.6. The summed E-state index contributed by atoms with van der Waals surface area (Å²) in [7, 11) is -1.92. The molecule has 0 bridgehead atoms. The van der Waals surface area contributed by atoms with E-state index in [4.69, 9.17) is 4.43 Å². The SMILES string of the molecule is CC(N=Cc1c(O)ccc2ccccc12)C(=O)O[Si](C)(C)C. The minimum atomic E-state index is -1.92. The van der Waals surface area contributed by atoms with E-state index in [2.05, 4.69) is 4.99 Å². The van der Waals surface area contributed by atoms with E-state index >= 15 is 0 Å². The monoisotopic (exact) mass is 315 g/mol. The summed E-state index contributed by atoms with van der Waals surface area (Å²) >= 11 is 0. The average Bonchev–Trinajstić information content (AvgIpc) is 2.44. The Balaban J connectivity index is 2.27. The molecule has 116 valence electrons. The summed E-state index contributed by atoms with van der Waals surface area (Å²) in [5.41, 5.74) is 0.616. The molecule has 0 aliphatic heterocycles. The molecule has 0 fully saturated rings. The first-order valence-corrected chi connectivity index (χ1v) is 10.7. The second-order valence-electron chi connectivity index (χ2n) is 6.21. The van der Waals surface area contributed by atoms with Crippen LogP contribution in [0.15, 0.2) is 41.4 Å². The van der Waals surface area contributed by atoms with Crippen LogP contribution in [-0.4, -0.2) is 31.6 Å². The zero-order valence-electron chi connectivity index (χ0n) is 13.3. The van der Waals surface area contributed by atoms with E-state index in [0.29, 0.717) is 5.56 Å². The zero-order chi connectivity index (χ0) is 16.3.